The van der Waals surface area contributed by atoms with E-state index in [2.05, 4.69) is 17.2 Å². The van der Waals surface area contributed by atoms with E-state index < -0.39 is 0 Å². The number of aromatic nitrogens is 1. The summed E-state index contributed by atoms with van der Waals surface area (Å²) in [6, 6.07) is 5.45. The molecule has 0 aliphatic carbocycles. The number of amides is 2. The number of nitrogens with two attached hydrogens (primary N) is 1. The predicted octanol–water partition coefficient (Wildman–Crippen LogP) is 1.72. The lowest BCUT2D eigenvalue weighted by Crippen LogP contribution is -2.47. The van der Waals surface area contributed by atoms with Crippen LogP contribution in [0.5, 0.6) is 0 Å². The molecule has 6 nitrogen and oxygen atoms in total. The van der Waals surface area contributed by atoms with Crippen molar-refractivity contribution in [3.05, 3.63) is 30.1 Å². The Kier molecular flexibility index (Phi) is 7.10. The first-order valence-corrected chi connectivity index (χ1v) is 6.94. The SMILES string of the molecule is CCCCNC(=O)N(CCCc1ccccn1)C(=N)N. The van der Waals surface area contributed by atoms with Crippen LogP contribution in [0.2, 0.25) is 0 Å². The van der Waals surface area contributed by atoms with Gasteiger partial charge in [0.1, 0.15) is 0 Å². The number of nitrogens with one attached hydrogen (secondary N) is 2. The molecule has 2 amide bonds. The van der Waals surface area contributed by atoms with Gasteiger partial charge in [0.05, 0.1) is 0 Å². The number of unbranched alkanes of at least 4 members (excludes halogenated alkanes) is 1. The lowest BCUT2D eigenvalue weighted by molar-refractivity contribution is 0.219. The quantitative estimate of drug-likeness (QED) is 0.402. The minimum atomic E-state index is -0.299. The number of pyridine rings is 1. The zero-order valence-corrected chi connectivity index (χ0v) is 11.9. The standard InChI is InChI=1S/C14H23N5O/c1-2-3-9-18-14(20)19(13(15)16)11-6-8-12-7-4-5-10-17-12/h4-5,7,10H,2-3,6,8-9,11H2,1H3,(H3,15,16)(H,18,20). The molecule has 0 spiro atoms. The van der Waals surface area contributed by atoms with E-state index in [-0.39, 0.29) is 12.0 Å². The first-order chi connectivity index (χ1) is 9.65. The zero-order valence-electron chi connectivity index (χ0n) is 11.9. The van der Waals surface area contributed by atoms with Crippen molar-refractivity contribution in [3.8, 4) is 0 Å². The monoisotopic (exact) mass is 277 g/mol. The van der Waals surface area contributed by atoms with Gasteiger partial charge in [-0.2, -0.15) is 0 Å². The number of carbonyl (C=O) groups excluding carboxylic acids is 1. The van der Waals surface area contributed by atoms with Crippen LogP contribution in [0.3, 0.4) is 0 Å². The highest BCUT2D eigenvalue weighted by Gasteiger charge is 2.15. The minimum absolute atomic E-state index is 0.222. The summed E-state index contributed by atoms with van der Waals surface area (Å²) < 4.78 is 0. The van der Waals surface area contributed by atoms with Gasteiger partial charge >= 0.3 is 6.03 Å². The maximum Gasteiger partial charge on any atom is 0.324 e. The van der Waals surface area contributed by atoms with Gasteiger partial charge < -0.3 is 11.1 Å². The van der Waals surface area contributed by atoms with Gasteiger partial charge in [0.25, 0.3) is 0 Å². The highest BCUT2D eigenvalue weighted by molar-refractivity contribution is 5.93. The minimum Gasteiger partial charge on any atom is -0.370 e. The van der Waals surface area contributed by atoms with E-state index in [4.69, 9.17) is 11.1 Å². The maximum absolute atomic E-state index is 11.9. The molecule has 0 unspecified atom stereocenters. The molecule has 0 aliphatic rings. The molecular weight excluding hydrogens is 254 g/mol. The van der Waals surface area contributed by atoms with Gasteiger partial charge in [0.2, 0.25) is 0 Å². The Morgan fingerprint density at radius 1 is 1.45 bits per heavy atom. The molecular formula is C14H23N5O. The van der Waals surface area contributed by atoms with Crippen molar-refractivity contribution in [2.45, 2.75) is 32.6 Å². The van der Waals surface area contributed by atoms with Gasteiger partial charge in [-0.25, -0.2) is 4.79 Å². The number of guanidine groups is 1. The van der Waals surface area contributed by atoms with Crippen LogP contribution in [0.1, 0.15) is 31.9 Å². The van der Waals surface area contributed by atoms with Crippen molar-refractivity contribution in [2.75, 3.05) is 13.1 Å². The number of rotatable bonds is 7. The molecule has 0 bridgehead atoms. The summed E-state index contributed by atoms with van der Waals surface area (Å²) in [7, 11) is 0. The summed E-state index contributed by atoms with van der Waals surface area (Å²) >= 11 is 0. The molecule has 0 aliphatic heterocycles. The number of hydrogen-bond acceptors (Lipinski definition) is 3. The van der Waals surface area contributed by atoms with Crippen LogP contribution in [0.15, 0.2) is 24.4 Å². The third-order valence-corrected chi connectivity index (χ3v) is 2.88. The van der Waals surface area contributed by atoms with Crippen LogP contribution >= 0.6 is 0 Å². The molecule has 4 N–H and O–H groups in total. The van der Waals surface area contributed by atoms with E-state index in [1.807, 2.05) is 18.2 Å². The fourth-order valence-corrected chi connectivity index (χ4v) is 1.76. The van der Waals surface area contributed by atoms with Gasteiger partial charge in [-0.1, -0.05) is 19.4 Å². The van der Waals surface area contributed by atoms with E-state index in [1.54, 1.807) is 6.20 Å². The fraction of sp³-hybridized carbons (Fsp3) is 0.500. The lowest BCUT2D eigenvalue weighted by atomic mass is 10.2. The topological polar surface area (TPSA) is 95.1 Å². The maximum atomic E-state index is 11.9. The third kappa shape index (κ3) is 5.69. The van der Waals surface area contributed by atoms with Crippen molar-refractivity contribution < 1.29 is 4.79 Å². The van der Waals surface area contributed by atoms with Crippen molar-refractivity contribution >= 4 is 12.0 Å². The Labute approximate surface area is 119 Å². The van der Waals surface area contributed by atoms with Gasteiger partial charge in [0, 0.05) is 25.0 Å². The van der Waals surface area contributed by atoms with Crippen LogP contribution in [0.4, 0.5) is 4.79 Å². The third-order valence-electron chi connectivity index (χ3n) is 2.88. The van der Waals surface area contributed by atoms with Gasteiger partial charge in [-0.3, -0.25) is 15.3 Å². The van der Waals surface area contributed by atoms with Gasteiger partial charge in [-0.15, -0.1) is 0 Å². The van der Waals surface area contributed by atoms with E-state index >= 15 is 0 Å². The molecule has 0 saturated carbocycles. The Bertz CT molecular complexity index is 421. The van der Waals surface area contributed by atoms with E-state index in [0.29, 0.717) is 13.1 Å². The van der Waals surface area contributed by atoms with Gasteiger partial charge in [0.15, 0.2) is 5.96 Å². The fourth-order valence-electron chi connectivity index (χ4n) is 1.76. The highest BCUT2D eigenvalue weighted by atomic mass is 16.2. The van der Waals surface area contributed by atoms with Crippen LogP contribution in [-0.4, -0.2) is 35.0 Å². The van der Waals surface area contributed by atoms with Crippen LogP contribution in [0, 0.1) is 5.41 Å². The largest absolute Gasteiger partial charge is 0.370 e. The summed E-state index contributed by atoms with van der Waals surface area (Å²) in [6.07, 6.45) is 5.16. The first kappa shape index (κ1) is 15.9. The number of hydrogen-bond donors (Lipinski definition) is 3. The predicted molar refractivity (Wildman–Crippen MR) is 79.5 cm³/mol. The Hall–Kier alpha value is -2.11. The summed E-state index contributed by atoms with van der Waals surface area (Å²) in [5, 5.41) is 10.2. The normalized spacial score (nSPS) is 10.1. The second-order valence-electron chi connectivity index (χ2n) is 4.55. The average Bonchev–Trinajstić information content (AvgIpc) is 2.44. The molecule has 0 aromatic carbocycles. The molecule has 1 rings (SSSR count). The smallest absolute Gasteiger partial charge is 0.324 e. The second-order valence-corrected chi connectivity index (χ2v) is 4.55. The van der Waals surface area contributed by atoms with Crippen molar-refractivity contribution in [3.63, 3.8) is 0 Å². The van der Waals surface area contributed by atoms with Crippen molar-refractivity contribution in [1.82, 2.24) is 15.2 Å². The summed E-state index contributed by atoms with van der Waals surface area (Å²) in [5.41, 5.74) is 6.43. The van der Waals surface area contributed by atoms with E-state index in [9.17, 15) is 4.79 Å². The number of urea groups is 1. The molecule has 20 heavy (non-hydrogen) atoms. The Morgan fingerprint density at radius 2 is 2.25 bits per heavy atom. The summed E-state index contributed by atoms with van der Waals surface area (Å²) in [6.45, 7) is 3.09. The highest BCUT2D eigenvalue weighted by Crippen LogP contribution is 2.01. The molecule has 0 saturated heterocycles. The molecule has 110 valence electrons. The van der Waals surface area contributed by atoms with Crippen molar-refractivity contribution in [1.29, 1.82) is 5.41 Å². The Morgan fingerprint density at radius 3 is 2.85 bits per heavy atom. The van der Waals surface area contributed by atoms with Crippen LogP contribution in [0.25, 0.3) is 0 Å². The van der Waals surface area contributed by atoms with Crippen LogP contribution < -0.4 is 11.1 Å². The van der Waals surface area contributed by atoms with Crippen LogP contribution in [-0.2, 0) is 6.42 Å². The van der Waals surface area contributed by atoms with E-state index in [1.165, 1.54) is 4.90 Å². The first-order valence-electron chi connectivity index (χ1n) is 6.94. The van der Waals surface area contributed by atoms with Crippen molar-refractivity contribution in [2.24, 2.45) is 5.73 Å². The molecule has 0 radical (unpaired) electrons. The number of nitrogens with zero attached hydrogens (tertiary/aromatic N) is 2. The second kappa shape index (κ2) is 8.90. The number of aryl methyl sites for hydroxylation is 1. The molecule has 6 heteroatoms. The van der Waals surface area contributed by atoms with Gasteiger partial charge in [-0.05, 0) is 31.4 Å². The lowest BCUT2D eigenvalue weighted by Gasteiger charge is -2.21. The average molecular weight is 277 g/mol. The summed E-state index contributed by atoms with van der Waals surface area (Å²) in [5.74, 6) is -0.222. The Balaban J connectivity index is 2.39. The molecule has 1 aromatic heterocycles. The summed E-state index contributed by atoms with van der Waals surface area (Å²) in [4.78, 5) is 17.4. The molecule has 0 fully saturated rings. The molecule has 0 atom stereocenters. The number of carbonyl (C=O) groups is 1. The van der Waals surface area contributed by atoms with E-state index in [0.717, 1.165) is 31.4 Å². The molecule has 1 aromatic rings. The molecule has 1 heterocycles. The zero-order chi connectivity index (χ0) is 14.8.